The Kier molecular flexibility index (Phi) is 9.24. The smallest absolute Gasteiger partial charge is 0.319 e. The summed E-state index contributed by atoms with van der Waals surface area (Å²) in [5, 5.41) is 5.85. The number of pyridine rings is 1. The summed E-state index contributed by atoms with van der Waals surface area (Å²) in [6.45, 7) is 10.1. The normalized spacial score (nSPS) is 14.6. The number of carbonyl (C=O) groups excluding carboxylic acids is 2. The fourth-order valence-corrected chi connectivity index (χ4v) is 4.46. The van der Waals surface area contributed by atoms with Crippen molar-refractivity contribution >= 4 is 17.6 Å². The first-order valence-corrected chi connectivity index (χ1v) is 12.1. The largest absolute Gasteiger partial charge is 0.340 e. The van der Waals surface area contributed by atoms with E-state index in [4.69, 9.17) is 0 Å². The number of aryl methyl sites for hydroxylation is 2. The summed E-state index contributed by atoms with van der Waals surface area (Å²) in [7, 11) is 0. The monoisotopic (exact) mass is 451 g/mol. The summed E-state index contributed by atoms with van der Waals surface area (Å²) in [6.07, 6.45) is 3.24. The van der Waals surface area contributed by atoms with Gasteiger partial charge >= 0.3 is 6.03 Å². The lowest BCUT2D eigenvalue weighted by Crippen LogP contribution is -2.49. The molecule has 0 aliphatic carbocycles. The molecule has 0 spiro atoms. The molecule has 1 aliphatic rings. The number of nitrogens with one attached hydrogen (secondary N) is 2. The van der Waals surface area contributed by atoms with E-state index in [1.54, 1.807) is 0 Å². The number of aromatic nitrogens is 1. The summed E-state index contributed by atoms with van der Waals surface area (Å²) < 4.78 is 0. The Labute approximate surface area is 197 Å². The zero-order valence-corrected chi connectivity index (χ0v) is 20.1. The Bertz CT molecular complexity index is 910. The highest BCUT2D eigenvalue weighted by atomic mass is 16.2. The van der Waals surface area contributed by atoms with Crippen LogP contribution in [0.4, 0.5) is 10.5 Å². The Hall–Kier alpha value is -2.93. The molecule has 1 aliphatic heterocycles. The molecule has 0 saturated carbocycles. The van der Waals surface area contributed by atoms with Gasteiger partial charge in [0.25, 0.3) is 0 Å². The summed E-state index contributed by atoms with van der Waals surface area (Å²) in [4.78, 5) is 33.9. The van der Waals surface area contributed by atoms with Gasteiger partial charge in [0.05, 0.1) is 6.42 Å². The summed E-state index contributed by atoms with van der Waals surface area (Å²) >= 11 is 0. The van der Waals surface area contributed by atoms with Crippen LogP contribution in [0.5, 0.6) is 0 Å². The van der Waals surface area contributed by atoms with Gasteiger partial charge in [-0.3, -0.25) is 9.78 Å². The summed E-state index contributed by atoms with van der Waals surface area (Å²) in [6, 6.07) is 13.8. The average Bonchev–Trinajstić information content (AvgIpc) is 2.80. The quantitative estimate of drug-likeness (QED) is 0.610. The molecular weight excluding hydrogens is 414 g/mol. The molecule has 0 unspecified atom stereocenters. The van der Waals surface area contributed by atoms with E-state index in [0.717, 1.165) is 68.1 Å². The van der Waals surface area contributed by atoms with Gasteiger partial charge in [-0.05, 0) is 50.8 Å². The Balaban J connectivity index is 1.38. The van der Waals surface area contributed by atoms with Crippen LogP contribution >= 0.6 is 0 Å². The minimum atomic E-state index is -0.193. The van der Waals surface area contributed by atoms with Gasteiger partial charge in [0.15, 0.2) is 0 Å². The van der Waals surface area contributed by atoms with Gasteiger partial charge < -0.3 is 20.4 Å². The van der Waals surface area contributed by atoms with Gasteiger partial charge in [0.2, 0.25) is 5.91 Å². The van der Waals surface area contributed by atoms with Crippen molar-refractivity contribution in [2.24, 2.45) is 0 Å². The lowest BCUT2D eigenvalue weighted by Gasteiger charge is -2.38. The molecule has 7 nitrogen and oxygen atoms in total. The van der Waals surface area contributed by atoms with Gasteiger partial charge in [-0.25, -0.2) is 4.79 Å². The number of urea groups is 1. The van der Waals surface area contributed by atoms with Crippen molar-refractivity contribution in [3.8, 4) is 0 Å². The first kappa shape index (κ1) is 24.7. The van der Waals surface area contributed by atoms with Crippen LogP contribution in [0, 0.1) is 6.92 Å². The predicted octanol–water partition coefficient (Wildman–Crippen LogP) is 3.63. The van der Waals surface area contributed by atoms with Gasteiger partial charge in [0.1, 0.15) is 0 Å². The van der Waals surface area contributed by atoms with Crippen molar-refractivity contribution in [2.45, 2.75) is 52.5 Å². The number of rotatable bonds is 9. The van der Waals surface area contributed by atoms with Crippen LogP contribution in [0.1, 0.15) is 43.6 Å². The second kappa shape index (κ2) is 12.3. The highest BCUT2D eigenvalue weighted by Gasteiger charge is 2.26. The van der Waals surface area contributed by atoms with Crippen molar-refractivity contribution < 1.29 is 9.59 Å². The number of hydrogen-bond acceptors (Lipinski definition) is 4. The molecule has 0 atom stereocenters. The molecule has 1 aromatic heterocycles. The number of benzene rings is 1. The van der Waals surface area contributed by atoms with Gasteiger partial charge in [-0.1, -0.05) is 37.3 Å². The number of likely N-dealkylation sites (N-methyl/N-ethyl adjacent to an activating group) is 1. The number of amides is 3. The molecule has 1 aromatic carbocycles. The first-order chi connectivity index (χ1) is 16.0. The van der Waals surface area contributed by atoms with Crippen LogP contribution in [0.2, 0.25) is 0 Å². The fourth-order valence-electron chi connectivity index (χ4n) is 4.46. The second-order valence-corrected chi connectivity index (χ2v) is 8.64. The van der Waals surface area contributed by atoms with Gasteiger partial charge in [0, 0.05) is 55.8 Å². The molecule has 2 N–H and O–H groups in total. The molecule has 7 heteroatoms. The first-order valence-electron chi connectivity index (χ1n) is 12.1. The van der Waals surface area contributed by atoms with Gasteiger partial charge in [-0.15, -0.1) is 0 Å². The van der Waals surface area contributed by atoms with E-state index in [0.29, 0.717) is 19.0 Å². The van der Waals surface area contributed by atoms with Crippen molar-refractivity contribution in [3.63, 3.8) is 0 Å². The van der Waals surface area contributed by atoms with E-state index in [-0.39, 0.29) is 11.9 Å². The Morgan fingerprint density at radius 1 is 1.12 bits per heavy atom. The summed E-state index contributed by atoms with van der Waals surface area (Å²) in [5.41, 5.74) is 3.71. The lowest BCUT2D eigenvalue weighted by atomic mass is 10.0. The zero-order valence-electron chi connectivity index (χ0n) is 20.1. The molecule has 1 fully saturated rings. The third kappa shape index (κ3) is 7.56. The third-order valence-electron chi connectivity index (χ3n) is 6.20. The van der Waals surface area contributed by atoms with E-state index in [2.05, 4.69) is 27.4 Å². The van der Waals surface area contributed by atoms with E-state index in [9.17, 15) is 9.59 Å². The predicted molar refractivity (Wildman–Crippen MR) is 132 cm³/mol. The van der Waals surface area contributed by atoms with Crippen LogP contribution in [0.3, 0.4) is 0 Å². The molecule has 1 saturated heterocycles. The van der Waals surface area contributed by atoms with Crippen molar-refractivity contribution in [1.29, 1.82) is 0 Å². The van der Waals surface area contributed by atoms with Crippen LogP contribution in [0.25, 0.3) is 0 Å². The van der Waals surface area contributed by atoms with E-state index in [1.807, 2.05) is 61.2 Å². The lowest BCUT2D eigenvalue weighted by molar-refractivity contribution is -0.133. The van der Waals surface area contributed by atoms with Crippen molar-refractivity contribution in [2.75, 3.05) is 38.0 Å². The SMILES string of the molecule is CCc1cc(NC(=O)NCCN2CCC(N(CC)C(=O)Cc3ccccc3)CC2)cc(C)n1. The maximum Gasteiger partial charge on any atom is 0.319 e. The Morgan fingerprint density at radius 3 is 2.52 bits per heavy atom. The van der Waals surface area contributed by atoms with Crippen molar-refractivity contribution in [3.05, 3.63) is 59.4 Å². The molecule has 2 heterocycles. The molecule has 3 amide bonds. The molecule has 178 valence electrons. The van der Waals surface area contributed by atoms with Crippen LogP contribution < -0.4 is 10.6 Å². The average molecular weight is 452 g/mol. The second-order valence-electron chi connectivity index (χ2n) is 8.64. The number of hydrogen-bond donors (Lipinski definition) is 2. The maximum atomic E-state index is 12.8. The minimum Gasteiger partial charge on any atom is -0.340 e. The van der Waals surface area contributed by atoms with E-state index < -0.39 is 0 Å². The summed E-state index contributed by atoms with van der Waals surface area (Å²) in [5.74, 6) is 0.207. The number of piperidine rings is 1. The highest BCUT2D eigenvalue weighted by molar-refractivity contribution is 5.89. The molecule has 0 bridgehead atoms. The minimum absolute atomic E-state index is 0.193. The van der Waals surface area contributed by atoms with E-state index >= 15 is 0 Å². The fraction of sp³-hybridized carbons (Fsp3) is 0.500. The molecule has 3 rings (SSSR count). The molecule has 0 radical (unpaired) electrons. The van der Waals surface area contributed by atoms with Crippen LogP contribution in [-0.4, -0.2) is 65.5 Å². The number of likely N-dealkylation sites (tertiary alicyclic amines) is 1. The van der Waals surface area contributed by atoms with Crippen LogP contribution in [0.15, 0.2) is 42.5 Å². The zero-order chi connectivity index (χ0) is 23.6. The Morgan fingerprint density at radius 2 is 1.85 bits per heavy atom. The third-order valence-corrected chi connectivity index (χ3v) is 6.20. The number of nitrogens with zero attached hydrogens (tertiary/aromatic N) is 3. The molecule has 2 aromatic rings. The maximum absolute atomic E-state index is 12.8. The standard InChI is InChI=1S/C26H37N5O2/c1-4-22-19-23(17-20(3)28-22)29-26(33)27-13-16-30-14-11-24(12-15-30)31(5-2)25(32)18-21-9-7-6-8-10-21/h6-10,17,19,24H,4-5,11-16,18H2,1-3H3,(H2,27,28,29,33). The molecular formula is C26H37N5O2. The highest BCUT2D eigenvalue weighted by Crippen LogP contribution is 2.18. The van der Waals surface area contributed by atoms with Crippen LogP contribution in [-0.2, 0) is 17.6 Å². The number of anilines is 1. The number of carbonyl (C=O) groups is 2. The van der Waals surface area contributed by atoms with Crippen molar-refractivity contribution in [1.82, 2.24) is 20.1 Å². The van der Waals surface area contributed by atoms with Gasteiger partial charge in [-0.2, -0.15) is 0 Å². The molecule has 33 heavy (non-hydrogen) atoms. The van der Waals surface area contributed by atoms with E-state index in [1.165, 1.54) is 0 Å². The topological polar surface area (TPSA) is 77.6 Å².